The highest BCUT2D eigenvalue weighted by Crippen LogP contribution is 2.47. The minimum atomic E-state index is -0.165. The molecular formula is C56H49B2NO4. The summed E-state index contributed by atoms with van der Waals surface area (Å²) in [6.45, 7) is 18.2. The molecule has 5 nitrogen and oxygen atoms in total. The van der Waals surface area contributed by atoms with Gasteiger partial charge in [-0.25, -0.2) is 0 Å². The highest BCUT2D eigenvalue weighted by atomic mass is 16.8. The lowest BCUT2D eigenvalue weighted by atomic mass is 9.32. The molecule has 0 aliphatic carbocycles. The van der Waals surface area contributed by atoms with Gasteiger partial charge in [-0.1, -0.05) is 137 Å². The number of hydrogen-bond acceptors (Lipinski definition) is 5. The Balaban J connectivity index is 1.07. The van der Waals surface area contributed by atoms with E-state index in [0.29, 0.717) is 0 Å². The molecule has 0 spiro atoms. The first kappa shape index (κ1) is 37.5. The summed E-state index contributed by atoms with van der Waals surface area (Å²) in [5, 5.41) is 0. The van der Waals surface area contributed by atoms with E-state index in [2.05, 4.69) is 174 Å². The van der Waals surface area contributed by atoms with Crippen LogP contribution in [0, 0.1) is 0 Å². The lowest BCUT2D eigenvalue weighted by Crippen LogP contribution is -2.63. The van der Waals surface area contributed by atoms with Gasteiger partial charge in [-0.3, -0.25) is 0 Å². The van der Waals surface area contributed by atoms with Crippen LogP contribution in [0.15, 0.2) is 127 Å². The molecule has 0 saturated carbocycles. The van der Waals surface area contributed by atoms with Gasteiger partial charge >= 0.3 is 0 Å². The van der Waals surface area contributed by atoms with Gasteiger partial charge in [-0.2, -0.15) is 0 Å². The second-order valence-corrected chi connectivity index (χ2v) is 20.7. The van der Waals surface area contributed by atoms with Crippen LogP contribution < -0.4 is 47.2 Å². The first-order chi connectivity index (χ1) is 30.3. The Morgan fingerprint density at radius 2 is 0.937 bits per heavy atom. The zero-order chi connectivity index (χ0) is 42.8. The Morgan fingerprint density at radius 3 is 1.43 bits per heavy atom. The van der Waals surface area contributed by atoms with E-state index < -0.39 is 0 Å². The Bertz CT molecular complexity index is 3090. The predicted octanol–water partition coefficient (Wildman–Crippen LogP) is 8.95. The number of epoxide rings is 2. The molecule has 13 rings (SSSR count). The van der Waals surface area contributed by atoms with Crippen molar-refractivity contribution in [1.29, 1.82) is 0 Å². The molecule has 0 aromatic heterocycles. The molecule has 4 unspecified atom stereocenters. The summed E-state index contributed by atoms with van der Waals surface area (Å²) in [5.41, 5.74) is 25.0. The molecule has 6 aliphatic rings. The van der Waals surface area contributed by atoms with Crippen LogP contribution in [0.4, 0.5) is 17.1 Å². The minimum Gasteiger partial charge on any atom is -0.462 e. The summed E-state index contributed by atoms with van der Waals surface area (Å²) in [4.78, 5) is 2.65. The van der Waals surface area contributed by atoms with Crippen molar-refractivity contribution in [2.45, 2.75) is 91.0 Å². The van der Waals surface area contributed by atoms with E-state index in [9.17, 15) is 0 Å². The van der Waals surface area contributed by atoms with Crippen molar-refractivity contribution in [1.82, 2.24) is 0 Å². The number of anilines is 3. The van der Waals surface area contributed by atoms with Gasteiger partial charge < -0.3 is 23.8 Å². The molecule has 63 heavy (non-hydrogen) atoms. The average molecular weight is 822 g/mol. The van der Waals surface area contributed by atoms with E-state index in [1.165, 1.54) is 99.9 Å². The summed E-state index contributed by atoms with van der Waals surface area (Å²) in [5.74, 6) is 1.66. The molecule has 6 aliphatic heterocycles. The molecule has 2 saturated heterocycles. The number of ether oxygens (including phenoxy) is 4. The van der Waals surface area contributed by atoms with E-state index in [4.69, 9.17) is 18.9 Å². The number of benzene rings is 7. The molecule has 0 bridgehead atoms. The molecule has 2 fully saturated rings. The second kappa shape index (κ2) is 12.8. The van der Waals surface area contributed by atoms with Crippen LogP contribution in [-0.4, -0.2) is 38.2 Å². The number of rotatable bonds is 6. The molecule has 7 aromatic rings. The van der Waals surface area contributed by atoms with Crippen molar-refractivity contribution in [3.05, 3.63) is 139 Å². The monoisotopic (exact) mass is 821 g/mol. The topological polar surface area (TPSA) is 46.8 Å². The maximum Gasteiger partial charge on any atom is 0.248 e. The molecular weight excluding hydrogens is 772 g/mol. The number of hydrogen-bond donors (Lipinski definition) is 0. The molecule has 0 radical (unpaired) electrons. The predicted molar refractivity (Wildman–Crippen MR) is 260 cm³/mol. The molecule has 4 atom stereocenters. The van der Waals surface area contributed by atoms with Gasteiger partial charge in [-0.05, 0) is 145 Å². The first-order valence-corrected chi connectivity index (χ1v) is 22.7. The van der Waals surface area contributed by atoms with Crippen molar-refractivity contribution in [3.63, 3.8) is 0 Å². The van der Waals surface area contributed by atoms with Crippen LogP contribution in [0.25, 0.3) is 44.5 Å². The summed E-state index contributed by atoms with van der Waals surface area (Å²) in [6, 6.07) is 48.7. The fraction of sp³-hybridized carbons (Fsp3) is 0.250. The first-order valence-electron chi connectivity index (χ1n) is 22.7. The molecule has 308 valence electrons. The van der Waals surface area contributed by atoms with Crippen molar-refractivity contribution >= 4 is 63.3 Å². The van der Waals surface area contributed by atoms with Crippen LogP contribution in [-0.2, 0) is 20.3 Å². The Hall–Kier alpha value is -6.01. The Labute approximate surface area is 371 Å². The quantitative estimate of drug-likeness (QED) is 0.124. The lowest BCUT2D eigenvalue weighted by Gasteiger charge is -2.43. The van der Waals surface area contributed by atoms with Gasteiger partial charge in [0.05, 0.1) is 0 Å². The normalized spacial score (nSPS) is 20.2. The number of fused-ring (bicyclic) bond motifs is 10. The summed E-state index contributed by atoms with van der Waals surface area (Å²) in [6.07, 6.45) is -0.0664. The maximum atomic E-state index is 6.12. The molecule has 0 amide bonds. The Morgan fingerprint density at radius 1 is 0.460 bits per heavy atom. The van der Waals surface area contributed by atoms with E-state index in [-0.39, 0.29) is 49.0 Å². The molecule has 7 aromatic carbocycles. The van der Waals surface area contributed by atoms with Crippen LogP contribution in [0.5, 0.6) is 11.5 Å². The van der Waals surface area contributed by atoms with Crippen molar-refractivity contribution in [2.75, 3.05) is 4.90 Å². The van der Waals surface area contributed by atoms with Crippen molar-refractivity contribution < 1.29 is 18.9 Å². The van der Waals surface area contributed by atoms with E-state index in [1.54, 1.807) is 0 Å². The zero-order valence-corrected chi connectivity index (χ0v) is 37.2. The average Bonchev–Trinajstić information content (AvgIpc) is 4.08. The van der Waals surface area contributed by atoms with Gasteiger partial charge in [0.1, 0.15) is 23.7 Å². The number of nitrogens with zero attached hydrogens (tertiary/aromatic N) is 1. The third-order valence-electron chi connectivity index (χ3n) is 14.5. The molecule has 7 heteroatoms. The van der Waals surface area contributed by atoms with Gasteiger partial charge in [-0.15, -0.1) is 0 Å². The van der Waals surface area contributed by atoms with E-state index >= 15 is 0 Å². The third-order valence-corrected chi connectivity index (χ3v) is 14.5. The molecule has 6 heterocycles. The smallest absolute Gasteiger partial charge is 0.248 e. The minimum absolute atomic E-state index is 0.000935. The van der Waals surface area contributed by atoms with Crippen LogP contribution in [0.3, 0.4) is 0 Å². The fourth-order valence-corrected chi connectivity index (χ4v) is 11.0. The van der Waals surface area contributed by atoms with Gasteiger partial charge in [0.25, 0.3) is 0 Å². The summed E-state index contributed by atoms with van der Waals surface area (Å²) in [7, 11) is 0. The maximum absolute atomic E-state index is 6.12. The van der Waals surface area contributed by atoms with E-state index in [1.807, 2.05) is 13.8 Å². The lowest BCUT2D eigenvalue weighted by molar-refractivity contribution is 0.178. The van der Waals surface area contributed by atoms with E-state index in [0.717, 1.165) is 17.1 Å². The van der Waals surface area contributed by atoms with Gasteiger partial charge in [0, 0.05) is 17.1 Å². The van der Waals surface area contributed by atoms with Crippen molar-refractivity contribution in [3.8, 4) is 56.0 Å². The zero-order valence-electron chi connectivity index (χ0n) is 37.2. The highest BCUT2D eigenvalue weighted by molar-refractivity contribution is 7.05. The van der Waals surface area contributed by atoms with Crippen molar-refractivity contribution in [2.24, 2.45) is 0 Å². The fourth-order valence-electron chi connectivity index (χ4n) is 11.0. The summed E-state index contributed by atoms with van der Waals surface area (Å²) < 4.78 is 23.4. The van der Waals surface area contributed by atoms with Gasteiger partial charge in [0.15, 0.2) is 0 Å². The van der Waals surface area contributed by atoms with Crippen LogP contribution in [0.1, 0.15) is 66.5 Å². The summed E-state index contributed by atoms with van der Waals surface area (Å²) >= 11 is 0. The van der Waals surface area contributed by atoms with Gasteiger partial charge in [0.2, 0.25) is 26.0 Å². The standard InChI is InChI=1S/C56H49B2NO4/c1-30-53(60-30)62-38-18-12-32(13-19-38)34-24-43-42-29-37(56(6,7)8)17-23-45(42)58-47-26-35(33-14-20-39(21-15-33)63-54-31(2)61-54)25-46-52(47)59(49(27-34)51(43)58)48-11-9-10-40-41-28-36(55(3,4)5)16-22-44(41)57(46)50(40)48/h9-31,53-54H,1-8H3. The second-order valence-electron chi connectivity index (χ2n) is 20.7. The largest absolute Gasteiger partial charge is 0.462 e. The highest BCUT2D eigenvalue weighted by Gasteiger charge is 2.50. The van der Waals surface area contributed by atoms with Crippen LogP contribution >= 0.6 is 0 Å². The van der Waals surface area contributed by atoms with Crippen LogP contribution in [0.2, 0.25) is 0 Å². The molecule has 0 N–H and O–H groups in total. The Kier molecular flexibility index (Phi) is 7.63. The third kappa shape index (κ3) is 5.65. The SMILES string of the molecule is CC1OC1Oc1ccc(-c2cc3c4c(c2)B2c5ccc(C(C)(C)C)cc5-c5cc(-c6ccc(OC7OC7C)cc6)cc(c52)N4c2cccc4c2B3c2ccc(C(C)(C)C)cc2-4)cc1.